The molecule has 0 spiro atoms. The van der Waals surface area contributed by atoms with Gasteiger partial charge in [0.25, 0.3) is 10.2 Å². The van der Waals surface area contributed by atoms with E-state index in [-0.39, 0.29) is 0 Å². The first-order valence-corrected chi connectivity index (χ1v) is 8.84. The normalized spacial score (nSPS) is 25.6. The third-order valence-corrected chi connectivity index (χ3v) is 5.34. The first-order chi connectivity index (χ1) is 9.08. The Kier molecular flexibility index (Phi) is 5.62. The highest BCUT2D eigenvalue weighted by Crippen LogP contribution is 2.28. The van der Waals surface area contributed by atoms with Crippen LogP contribution in [0.4, 0.5) is 0 Å². The van der Waals surface area contributed by atoms with Gasteiger partial charge in [-0.2, -0.15) is 12.7 Å². The number of ether oxygens (including phenoxy) is 1. The number of hydrogen-bond donors (Lipinski definition) is 1. The molecule has 1 aliphatic carbocycles. The van der Waals surface area contributed by atoms with Gasteiger partial charge in [0, 0.05) is 32.8 Å². The average Bonchev–Trinajstić information content (AvgIpc) is 3.17. The monoisotopic (exact) mass is 290 g/mol. The smallest absolute Gasteiger partial charge is 0.279 e. The summed E-state index contributed by atoms with van der Waals surface area (Å²) in [5.41, 5.74) is 0. The quantitative estimate of drug-likeness (QED) is 0.687. The first-order valence-electron chi connectivity index (χ1n) is 7.40. The van der Waals surface area contributed by atoms with Gasteiger partial charge in [-0.25, -0.2) is 4.72 Å². The van der Waals surface area contributed by atoms with Gasteiger partial charge in [-0.1, -0.05) is 6.92 Å². The van der Waals surface area contributed by atoms with Crippen LogP contribution >= 0.6 is 0 Å². The van der Waals surface area contributed by atoms with Crippen molar-refractivity contribution in [1.82, 2.24) is 9.03 Å². The highest BCUT2D eigenvalue weighted by atomic mass is 32.2. The van der Waals surface area contributed by atoms with Crippen LogP contribution in [0.2, 0.25) is 0 Å². The Morgan fingerprint density at radius 2 is 2.11 bits per heavy atom. The van der Waals surface area contributed by atoms with Gasteiger partial charge < -0.3 is 4.74 Å². The Morgan fingerprint density at radius 1 is 1.32 bits per heavy atom. The minimum absolute atomic E-state index is 0.465. The van der Waals surface area contributed by atoms with Gasteiger partial charge in [-0.3, -0.25) is 0 Å². The van der Waals surface area contributed by atoms with E-state index in [0.717, 1.165) is 31.8 Å². The molecular formula is C13H26N2O3S. The molecule has 0 amide bonds. The van der Waals surface area contributed by atoms with Crippen LogP contribution in [0.25, 0.3) is 0 Å². The van der Waals surface area contributed by atoms with E-state index in [1.807, 2.05) is 0 Å². The van der Waals surface area contributed by atoms with E-state index in [9.17, 15) is 8.42 Å². The summed E-state index contributed by atoms with van der Waals surface area (Å²) in [4.78, 5) is 0. The SMILES string of the molecule is C[C@H]1CCCN(S(=O)(=O)NCCCOCC2CC2)C1. The molecule has 2 rings (SSSR count). The van der Waals surface area contributed by atoms with E-state index in [1.165, 1.54) is 12.8 Å². The summed E-state index contributed by atoms with van der Waals surface area (Å²) in [6.07, 6.45) is 5.42. The Morgan fingerprint density at radius 3 is 2.79 bits per heavy atom. The van der Waals surface area contributed by atoms with Gasteiger partial charge in [0.1, 0.15) is 0 Å². The maximum atomic E-state index is 12.1. The van der Waals surface area contributed by atoms with Crippen molar-refractivity contribution in [3.05, 3.63) is 0 Å². The molecule has 0 aromatic carbocycles. The maximum Gasteiger partial charge on any atom is 0.279 e. The van der Waals surface area contributed by atoms with Crippen molar-refractivity contribution in [2.75, 3.05) is 32.8 Å². The molecule has 1 aliphatic heterocycles. The molecule has 1 atom stereocenters. The van der Waals surface area contributed by atoms with Gasteiger partial charge in [-0.15, -0.1) is 0 Å². The largest absolute Gasteiger partial charge is 0.381 e. The molecule has 1 N–H and O–H groups in total. The van der Waals surface area contributed by atoms with Crippen LogP contribution in [-0.4, -0.2) is 45.6 Å². The second-order valence-corrected chi connectivity index (χ2v) is 7.63. The van der Waals surface area contributed by atoms with E-state index < -0.39 is 10.2 Å². The zero-order valence-electron chi connectivity index (χ0n) is 11.8. The van der Waals surface area contributed by atoms with Gasteiger partial charge in [-0.05, 0) is 43.9 Å². The van der Waals surface area contributed by atoms with E-state index in [1.54, 1.807) is 4.31 Å². The van der Waals surface area contributed by atoms with Crippen molar-refractivity contribution in [3.8, 4) is 0 Å². The van der Waals surface area contributed by atoms with Crippen LogP contribution in [0.1, 0.15) is 39.0 Å². The molecule has 0 aromatic rings. The maximum absolute atomic E-state index is 12.1. The molecule has 0 unspecified atom stereocenters. The number of nitrogens with one attached hydrogen (secondary N) is 1. The molecule has 5 nitrogen and oxygen atoms in total. The van der Waals surface area contributed by atoms with E-state index in [2.05, 4.69) is 11.6 Å². The summed E-state index contributed by atoms with van der Waals surface area (Å²) < 4.78 is 33.8. The minimum atomic E-state index is -3.28. The molecule has 2 fully saturated rings. The Labute approximate surface area is 116 Å². The molecule has 19 heavy (non-hydrogen) atoms. The molecule has 0 radical (unpaired) electrons. The van der Waals surface area contributed by atoms with Crippen molar-refractivity contribution in [1.29, 1.82) is 0 Å². The lowest BCUT2D eigenvalue weighted by atomic mass is 10.0. The topological polar surface area (TPSA) is 58.6 Å². The Bertz CT molecular complexity index is 368. The highest BCUT2D eigenvalue weighted by molar-refractivity contribution is 7.87. The summed E-state index contributed by atoms with van der Waals surface area (Å²) >= 11 is 0. The van der Waals surface area contributed by atoms with Crippen molar-refractivity contribution in [2.45, 2.75) is 39.0 Å². The lowest BCUT2D eigenvalue weighted by Crippen LogP contribution is -2.45. The summed E-state index contributed by atoms with van der Waals surface area (Å²) in [5.74, 6) is 1.23. The highest BCUT2D eigenvalue weighted by Gasteiger charge is 2.26. The zero-order chi connectivity index (χ0) is 13.7. The van der Waals surface area contributed by atoms with Crippen LogP contribution in [0.3, 0.4) is 0 Å². The number of hydrogen-bond acceptors (Lipinski definition) is 3. The summed E-state index contributed by atoms with van der Waals surface area (Å²) in [7, 11) is -3.28. The van der Waals surface area contributed by atoms with E-state index in [4.69, 9.17) is 4.74 Å². The third kappa shape index (κ3) is 5.38. The van der Waals surface area contributed by atoms with Crippen LogP contribution < -0.4 is 4.72 Å². The van der Waals surface area contributed by atoms with Gasteiger partial charge >= 0.3 is 0 Å². The number of nitrogens with zero attached hydrogens (tertiary/aromatic N) is 1. The lowest BCUT2D eigenvalue weighted by Gasteiger charge is -2.29. The van der Waals surface area contributed by atoms with Gasteiger partial charge in [0.15, 0.2) is 0 Å². The fraction of sp³-hybridized carbons (Fsp3) is 1.00. The number of piperidine rings is 1. The van der Waals surface area contributed by atoms with Crippen LogP contribution in [0.15, 0.2) is 0 Å². The summed E-state index contributed by atoms with van der Waals surface area (Å²) in [5, 5.41) is 0. The fourth-order valence-corrected chi connectivity index (χ4v) is 3.77. The zero-order valence-corrected chi connectivity index (χ0v) is 12.6. The summed E-state index contributed by atoms with van der Waals surface area (Å²) in [6, 6.07) is 0. The molecule has 6 heteroatoms. The molecule has 2 aliphatic rings. The van der Waals surface area contributed by atoms with Crippen LogP contribution in [-0.2, 0) is 14.9 Å². The number of rotatable bonds is 8. The fourth-order valence-electron chi connectivity index (χ4n) is 2.37. The van der Waals surface area contributed by atoms with E-state index in [0.29, 0.717) is 32.2 Å². The van der Waals surface area contributed by atoms with Gasteiger partial charge in [0.05, 0.1) is 0 Å². The predicted octanol–water partition coefficient (Wildman–Crippen LogP) is 1.37. The third-order valence-electron chi connectivity index (χ3n) is 3.76. The average molecular weight is 290 g/mol. The minimum Gasteiger partial charge on any atom is -0.381 e. The Balaban J connectivity index is 1.59. The first kappa shape index (κ1) is 15.2. The Hall–Kier alpha value is -0.170. The van der Waals surface area contributed by atoms with Crippen molar-refractivity contribution in [2.24, 2.45) is 11.8 Å². The molecule has 1 saturated heterocycles. The molecule has 1 saturated carbocycles. The van der Waals surface area contributed by atoms with Crippen molar-refractivity contribution < 1.29 is 13.2 Å². The molecule has 1 heterocycles. The summed E-state index contributed by atoms with van der Waals surface area (Å²) in [6.45, 7) is 5.36. The predicted molar refractivity (Wildman–Crippen MR) is 75.1 cm³/mol. The molecule has 0 bridgehead atoms. The van der Waals surface area contributed by atoms with Crippen molar-refractivity contribution >= 4 is 10.2 Å². The van der Waals surface area contributed by atoms with Crippen LogP contribution in [0, 0.1) is 11.8 Å². The lowest BCUT2D eigenvalue weighted by molar-refractivity contribution is 0.123. The second-order valence-electron chi connectivity index (χ2n) is 5.88. The molecule has 0 aromatic heterocycles. The standard InChI is InChI=1S/C13H26N2O3S/c1-12-4-2-8-15(10-12)19(16,17)14-7-3-9-18-11-13-5-6-13/h12-14H,2-11H2,1H3/t12-/m0/s1. The second kappa shape index (κ2) is 7.02. The van der Waals surface area contributed by atoms with Crippen molar-refractivity contribution in [3.63, 3.8) is 0 Å². The van der Waals surface area contributed by atoms with Crippen LogP contribution in [0.5, 0.6) is 0 Å². The van der Waals surface area contributed by atoms with E-state index >= 15 is 0 Å². The van der Waals surface area contributed by atoms with Gasteiger partial charge in [0.2, 0.25) is 0 Å². The molecular weight excluding hydrogens is 264 g/mol. The molecule has 112 valence electrons.